The van der Waals surface area contributed by atoms with Crippen LogP contribution in [0.15, 0.2) is 57.7 Å². The van der Waals surface area contributed by atoms with E-state index in [1.807, 2.05) is 18.2 Å². The van der Waals surface area contributed by atoms with E-state index in [2.05, 4.69) is 47.1 Å². The van der Waals surface area contributed by atoms with Crippen molar-refractivity contribution in [3.63, 3.8) is 0 Å². The third kappa shape index (κ3) is 8.55. The van der Waals surface area contributed by atoms with Crippen LogP contribution in [-0.2, 0) is 0 Å². The standard InChI is InChI=1S/C14H14BrN3O3.C9H4BrClN2O2.C5H11NO/c15-8-1-4-12-11(5-8)14(13(7-16-12)18(20)21)17-9-2-3-10(19)6-9;10-5-1-2-7-6(3-5)9(11)8(4-12-7)13(14)15;6-4-1-2-5(7)3-4/h1,4-5,7,9-10,19H,2-3,6H2,(H,16,17);1-4H;4-5,7H,1-3,6H2. The molecule has 2 aliphatic rings. The summed E-state index contributed by atoms with van der Waals surface area (Å²) < 4.78 is 1.64. The molecule has 0 saturated heterocycles. The Bertz CT molecular complexity index is 1640. The highest BCUT2D eigenvalue weighted by molar-refractivity contribution is 9.10. The van der Waals surface area contributed by atoms with E-state index in [0.717, 1.165) is 41.0 Å². The van der Waals surface area contributed by atoms with E-state index >= 15 is 0 Å². The van der Waals surface area contributed by atoms with Crippen LogP contribution in [0.3, 0.4) is 0 Å². The van der Waals surface area contributed by atoms with Crippen molar-refractivity contribution in [3.8, 4) is 0 Å². The van der Waals surface area contributed by atoms with Crippen LogP contribution in [0.1, 0.15) is 38.5 Å². The maximum atomic E-state index is 11.3. The molecule has 2 aromatic carbocycles. The maximum Gasteiger partial charge on any atom is 0.311 e. The van der Waals surface area contributed by atoms with Crippen LogP contribution in [0.5, 0.6) is 0 Å². The van der Waals surface area contributed by atoms with Crippen molar-refractivity contribution in [2.75, 3.05) is 5.32 Å². The first-order chi connectivity index (χ1) is 20.4. The number of nitrogens with zero attached hydrogens (tertiary/aromatic N) is 4. The van der Waals surface area contributed by atoms with Crippen molar-refractivity contribution in [2.45, 2.75) is 62.8 Å². The predicted octanol–water partition coefficient (Wildman–Crippen LogP) is 6.65. The van der Waals surface area contributed by atoms with Crippen molar-refractivity contribution in [1.29, 1.82) is 0 Å². The van der Waals surface area contributed by atoms with Crippen LogP contribution in [0.4, 0.5) is 17.1 Å². The number of aromatic nitrogens is 2. The van der Waals surface area contributed by atoms with E-state index in [0.29, 0.717) is 33.9 Å². The van der Waals surface area contributed by atoms with Gasteiger partial charge in [-0.3, -0.25) is 20.2 Å². The zero-order valence-corrected chi connectivity index (χ0v) is 26.6. The van der Waals surface area contributed by atoms with E-state index in [9.17, 15) is 25.3 Å². The predicted molar refractivity (Wildman–Crippen MR) is 172 cm³/mol. The fourth-order valence-corrected chi connectivity index (χ4v) is 5.97. The molecule has 4 unspecified atom stereocenters. The van der Waals surface area contributed by atoms with E-state index in [4.69, 9.17) is 22.4 Å². The van der Waals surface area contributed by atoms with Gasteiger partial charge in [0.25, 0.3) is 0 Å². The molecule has 5 N–H and O–H groups in total. The van der Waals surface area contributed by atoms with Gasteiger partial charge in [-0.2, -0.15) is 0 Å². The number of fused-ring (bicyclic) bond motifs is 2. The number of aliphatic hydroxyl groups excluding tert-OH is 2. The Morgan fingerprint density at radius 1 is 0.837 bits per heavy atom. The molecule has 2 aliphatic carbocycles. The summed E-state index contributed by atoms with van der Waals surface area (Å²) in [6.45, 7) is 0. The van der Waals surface area contributed by atoms with Gasteiger partial charge in [-0.1, -0.05) is 43.5 Å². The van der Waals surface area contributed by atoms with E-state index in [1.54, 1.807) is 18.2 Å². The molecule has 2 aromatic heterocycles. The lowest BCUT2D eigenvalue weighted by Crippen LogP contribution is -2.17. The van der Waals surface area contributed by atoms with Gasteiger partial charge in [0.1, 0.15) is 23.1 Å². The van der Waals surface area contributed by atoms with E-state index in [-0.39, 0.29) is 40.7 Å². The second-order valence-electron chi connectivity index (χ2n) is 10.3. The quantitative estimate of drug-likeness (QED) is 0.130. The largest absolute Gasteiger partial charge is 0.393 e. The number of hydrogen-bond donors (Lipinski definition) is 4. The minimum atomic E-state index is -0.546. The zero-order valence-electron chi connectivity index (χ0n) is 22.7. The summed E-state index contributed by atoms with van der Waals surface area (Å²) in [6, 6.07) is 11.1. The summed E-state index contributed by atoms with van der Waals surface area (Å²) in [5, 5.41) is 44.9. The molecule has 0 spiro atoms. The fourth-order valence-electron chi connectivity index (χ4n) is 4.98. The van der Waals surface area contributed by atoms with Gasteiger partial charge < -0.3 is 21.3 Å². The van der Waals surface area contributed by atoms with Gasteiger partial charge in [0.15, 0.2) is 0 Å². The molecule has 12 nitrogen and oxygen atoms in total. The molecule has 15 heteroatoms. The SMILES string of the molecule is NC1CCC(O)C1.O=[N+]([O-])c1cnc2ccc(Br)cc2c1Cl.O=[N+]([O-])c1cnc2ccc(Br)cc2c1NC1CCC(O)C1. The molecule has 4 atom stereocenters. The molecule has 2 saturated carbocycles. The molecule has 0 bridgehead atoms. The number of nitrogens with two attached hydrogens (primary N) is 1. The Kier molecular flexibility index (Phi) is 11.2. The minimum Gasteiger partial charge on any atom is -0.393 e. The number of anilines is 1. The summed E-state index contributed by atoms with van der Waals surface area (Å²) in [7, 11) is 0. The third-order valence-electron chi connectivity index (χ3n) is 7.15. The monoisotopic (exact) mass is 738 g/mol. The van der Waals surface area contributed by atoms with Crippen molar-refractivity contribution in [3.05, 3.63) is 83.0 Å². The normalized spacial score (nSPS) is 21.1. The summed E-state index contributed by atoms with van der Waals surface area (Å²) in [5.41, 5.74) is 7.06. The van der Waals surface area contributed by atoms with Gasteiger partial charge in [0.2, 0.25) is 0 Å². The van der Waals surface area contributed by atoms with Crippen LogP contribution in [-0.4, -0.2) is 54.3 Å². The highest BCUT2D eigenvalue weighted by atomic mass is 79.9. The molecule has 2 fully saturated rings. The van der Waals surface area contributed by atoms with Crippen LogP contribution in [0, 0.1) is 20.2 Å². The molecule has 43 heavy (non-hydrogen) atoms. The lowest BCUT2D eigenvalue weighted by molar-refractivity contribution is -0.384. The van der Waals surface area contributed by atoms with Gasteiger partial charge in [0, 0.05) is 31.8 Å². The topological polar surface area (TPSA) is 191 Å². The van der Waals surface area contributed by atoms with Gasteiger partial charge in [-0.15, -0.1) is 0 Å². The number of hydrogen-bond acceptors (Lipinski definition) is 10. The molecule has 0 radical (unpaired) electrons. The Morgan fingerprint density at radius 2 is 1.37 bits per heavy atom. The van der Waals surface area contributed by atoms with Crippen LogP contribution >= 0.6 is 43.5 Å². The molecular formula is C28H29Br2ClN6O6. The van der Waals surface area contributed by atoms with E-state index in [1.165, 1.54) is 12.4 Å². The Balaban J connectivity index is 0.000000167. The highest BCUT2D eigenvalue weighted by Gasteiger charge is 2.27. The summed E-state index contributed by atoms with van der Waals surface area (Å²) >= 11 is 12.6. The highest BCUT2D eigenvalue weighted by Crippen LogP contribution is 2.36. The minimum absolute atomic E-state index is 0.0398. The first-order valence-corrected chi connectivity index (χ1v) is 15.4. The third-order valence-corrected chi connectivity index (χ3v) is 8.53. The van der Waals surface area contributed by atoms with Crippen molar-refractivity contribution < 1.29 is 20.1 Å². The lowest BCUT2D eigenvalue weighted by Gasteiger charge is -2.15. The van der Waals surface area contributed by atoms with Crippen molar-refractivity contribution in [1.82, 2.24) is 9.97 Å². The van der Waals surface area contributed by atoms with Crippen LogP contribution < -0.4 is 11.1 Å². The average molecular weight is 741 g/mol. The second-order valence-corrected chi connectivity index (χ2v) is 12.6. The average Bonchev–Trinajstić information content (AvgIpc) is 3.55. The van der Waals surface area contributed by atoms with Crippen molar-refractivity contribution in [2.24, 2.45) is 5.73 Å². The number of rotatable bonds is 4. The Labute approximate surface area is 268 Å². The molecule has 2 heterocycles. The molecule has 0 aliphatic heterocycles. The molecule has 0 amide bonds. The number of aliphatic hydroxyl groups is 2. The molecular weight excluding hydrogens is 712 g/mol. The van der Waals surface area contributed by atoms with Gasteiger partial charge in [-0.25, -0.2) is 9.97 Å². The first-order valence-electron chi connectivity index (χ1n) is 13.4. The van der Waals surface area contributed by atoms with Crippen LogP contribution in [0.2, 0.25) is 5.02 Å². The molecule has 4 aromatic rings. The number of benzene rings is 2. The number of pyridine rings is 2. The molecule has 6 rings (SSSR count). The molecule has 228 valence electrons. The van der Waals surface area contributed by atoms with Gasteiger partial charge in [-0.05, 0) is 74.9 Å². The number of nitrogens with one attached hydrogen (secondary N) is 1. The maximum absolute atomic E-state index is 11.3. The fraction of sp³-hybridized carbons (Fsp3) is 0.357. The lowest BCUT2D eigenvalue weighted by atomic mass is 10.1. The van der Waals surface area contributed by atoms with Gasteiger partial charge in [0.05, 0.1) is 33.1 Å². The van der Waals surface area contributed by atoms with E-state index < -0.39 is 9.85 Å². The Hall–Kier alpha value is -3.01. The van der Waals surface area contributed by atoms with Gasteiger partial charge >= 0.3 is 11.4 Å². The smallest absolute Gasteiger partial charge is 0.311 e. The summed E-state index contributed by atoms with van der Waals surface area (Å²) in [5.74, 6) is 0. The van der Waals surface area contributed by atoms with Crippen molar-refractivity contribution >= 4 is 82.3 Å². The number of halogens is 3. The summed E-state index contributed by atoms with van der Waals surface area (Å²) in [6.07, 6.45) is 6.85. The Morgan fingerprint density at radius 3 is 1.86 bits per heavy atom. The summed E-state index contributed by atoms with van der Waals surface area (Å²) in [4.78, 5) is 29.0. The zero-order chi connectivity index (χ0) is 31.3. The first kappa shape index (κ1) is 32.9. The second kappa shape index (κ2) is 14.6. The van der Waals surface area contributed by atoms with Crippen LogP contribution in [0.25, 0.3) is 21.8 Å². The number of nitro groups is 2.